The Kier molecular flexibility index (Phi) is 17.7. The summed E-state index contributed by atoms with van der Waals surface area (Å²) in [6, 6.07) is 0. The predicted octanol–water partition coefficient (Wildman–Crippen LogP) is 1.60. The van der Waals surface area contributed by atoms with Gasteiger partial charge in [0.2, 0.25) is 0 Å². The van der Waals surface area contributed by atoms with Crippen molar-refractivity contribution in [1.82, 2.24) is 0 Å². The summed E-state index contributed by atoms with van der Waals surface area (Å²) in [6.45, 7) is 10.00. The van der Waals surface area contributed by atoms with E-state index in [1.807, 2.05) is 13.8 Å². The summed E-state index contributed by atoms with van der Waals surface area (Å²) in [7, 11) is 0. The van der Waals surface area contributed by atoms with E-state index in [1.165, 1.54) is 0 Å². The highest BCUT2D eigenvalue weighted by Gasteiger charge is 2.15. The van der Waals surface area contributed by atoms with Crippen molar-refractivity contribution in [2.75, 3.05) is 66.1 Å². The summed E-state index contributed by atoms with van der Waals surface area (Å²) >= 11 is 0. The number of hydrogen-bond acceptors (Lipinski definition) is 8. The molecule has 8 nitrogen and oxygen atoms in total. The van der Waals surface area contributed by atoms with E-state index in [2.05, 4.69) is 0 Å². The summed E-state index contributed by atoms with van der Waals surface area (Å²) < 4.78 is 30.8. The van der Waals surface area contributed by atoms with Crippen LogP contribution in [0.5, 0.6) is 0 Å². The van der Waals surface area contributed by atoms with E-state index in [0.29, 0.717) is 52.9 Å². The van der Waals surface area contributed by atoms with Gasteiger partial charge >= 0.3 is 11.9 Å². The zero-order chi connectivity index (χ0) is 19.5. The Bertz CT molecular complexity index is 316. The number of rotatable bonds is 18. The van der Waals surface area contributed by atoms with Crippen LogP contribution in [0, 0.1) is 5.92 Å². The molecule has 0 N–H and O–H groups in total. The average molecular weight is 378 g/mol. The zero-order valence-electron chi connectivity index (χ0n) is 16.3. The van der Waals surface area contributed by atoms with Gasteiger partial charge in [-0.2, -0.15) is 0 Å². The van der Waals surface area contributed by atoms with Crippen LogP contribution in [0.4, 0.5) is 0 Å². The third-order valence-corrected chi connectivity index (χ3v) is 3.16. The SMILES string of the molecule is CCOCCOCCOC(=O)CC(C)CC(=O)OCCOCCOCC. The summed E-state index contributed by atoms with van der Waals surface area (Å²) in [6.07, 6.45) is 0.331. The Labute approximate surface area is 156 Å². The molecule has 0 bridgehead atoms. The van der Waals surface area contributed by atoms with Crippen LogP contribution >= 0.6 is 0 Å². The third kappa shape index (κ3) is 17.6. The molecule has 0 saturated heterocycles. The Balaban J connectivity index is 3.53. The van der Waals surface area contributed by atoms with Crippen molar-refractivity contribution in [3.63, 3.8) is 0 Å². The minimum absolute atomic E-state index is 0.146. The van der Waals surface area contributed by atoms with Gasteiger partial charge in [0.05, 0.1) is 39.6 Å². The maximum atomic E-state index is 11.7. The molecule has 0 aliphatic rings. The fourth-order valence-electron chi connectivity index (χ4n) is 1.92. The molecular weight excluding hydrogens is 344 g/mol. The number of carbonyl (C=O) groups is 2. The Hall–Kier alpha value is -1.22. The molecule has 0 aromatic carbocycles. The van der Waals surface area contributed by atoms with Crippen molar-refractivity contribution in [1.29, 1.82) is 0 Å². The molecule has 0 aliphatic carbocycles. The molecule has 0 radical (unpaired) electrons. The monoisotopic (exact) mass is 378 g/mol. The van der Waals surface area contributed by atoms with Crippen molar-refractivity contribution >= 4 is 11.9 Å². The second kappa shape index (κ2) is 18.6. The van der Waals surface area contributed by atoms with Crippen LogP contribution in [-0.4, -0.2) is 78.0 Å². The first-order valence-electron chi connectivity index (χ1n) is 9.22. The van der Waals surface area contributed by atoms with E-state index < -0.39 is 0 Å². The first kappa shape index (κ1) is 24.8. The van der Waals surface area contributed by atoms with Crippen molar-refractivity contribution in [3.05, 3.63) is 0 Å². The maximum absolute atomic E-state index is 11.7. The molecule has 0 fully saturated rings. The standard InChI is InChI=1S/C18H34O8/c1-4-21-6-8-23-10-12-25-17(19)14-16(3)15-18(20)26-13-11-24-9-7-22-5-2/h16H,4-15H2,1-3H3. The average Bonchev–Trinajstić information content (AvgIpc) is 2.60. The molecule has 0 aromatic rings. The molecule has 0 rings (SSSR count). The first-order valence-corrected chi connectivity index (χ1v) is 9.22. The lowest BCUT2D eigenvalue weighted by molar-refractivity contribution is -0.148. The van der Waals surface area contributed by atoms with E-state index in [4.69, 9.17) is 28.4 Å². The van der Waals surface area contributed by atoms with Crippen LogP contribution in [0.3, 0.4) is 0 Å². The lowest BCUT2D eigenvalue weighted by Gasteiger charge is -2.11. The molecule has 0 aliphatic heterocycles. The second-order valence-electron chi connectivity index (χ2n) is 5.57. The summed E-state index contributed by atoms with van der Waals surface area (Å²) in [5.41, 5.74) is 0. The molecule has 0 saturated carbocycles. The Morgan fingerprint density at radius 1 is 0.615 bits per heavy atom. The quantitative estimate of drug-likeness (QED) is 0.262. The predicted molar refractivity (Wildman–Crippen MR) is 94.9 cm³/mol. The fourth-order valence-corrected chi connectivity index (χ4v) is 1.92. The second-order valence-corrected chi connectivity index (χ2v) is 5.57. The number of ether oxygens (including phenoxy) is 6. The van der Waals surface area contributed by atoms with E-state index in [-0.39, 0.29) is 43.9 Å². The summed E-state index contributed by atoms with van der Waals surface area (Å²) in [5, 5.41) is 0. The van der Waals surface area contributed by atoms with Crippen LogP contribution in [0.25, 0.3) is 0 Å². The molecule has 154 valence electrons. The molecular formula is C18H34O8. The highest BCUT2D eigenvalue weighted by molar-refractivity contribution is 5.73. The van der Waals surface area contributed by atoms with Gasteiger partial charge in [-0.1, -0.05) is 6.92 Å². The minimum Gasteiger partial charge on any atom is -0.463 e. The lowest BCUT2D eigenvalue weighted by atomic mass is 10.0. The Morgan fingerprint density at radius 2 is 0.962 bits per heavy atom. The molecule has 8 heteroatoms. The van der Waals surface area contributed by atoms with Gasteiger partial charge < -0.3 is 28.4 Å². The fraction of sp³-hybridized carbons (Fsp3) is 0.889. The summed E-state index contributed by atoms with van der Waals surface area (Å²) in [5.74, 6) is -0.844. The van der Waals surface area contributed by atoms with Crippen LogP contribution in [0.1, 0.15) is 33.6 Å². The van der Waals surface area contributed by atoms with Gasteiger partial charge in [-0.15, -0.1) is 0 Å². The van der Waals surface area contributed by atoms with Crippen molar-refractivity contribution in [2.45, 2.75) is 33.6 Å². The van der Waals surface area contributed by atoms with E-state index in [9.17, 15) is 9.59 Å². The highest BCUT2D eigenvalue weighted by Crippen LogP contribution is 2.09. The summed E-state index contributed by atoms with van der Waals surface area (Å²) in [4.78, 5) is 23.3. The third-order valence-electron chi connectivity index (χ3n) is 3.16. The number of carbonyl (C=O) groups excluding carboxylic acids is 2. The lowest BCUT2D eigenvalue weighted by Crippen LogP contribution is -2.18. The van der Waals surface area contributed by atoms with Gasteiger partial charge in [0.1, 0.15) is 13.2 Å². The maximum Gasteiger partial charge on any atom is 0.306 e. The van der Waals surface area contributed by atoms with Crippen molar-refractivity contribution in [2.24, 2.45) is 5.92 Å². The van der Waals surface area contributed by atoms with E-state index in [1.54, 1.807) is 6.92 Å². The van der Waals surface area contributed by atoms with Gasteiger partial charge in [-0.25, -0.2) is 0 Å². The van der Waals surface area contributed by atoms with Gasteiger partial charge in [0, 0.05) is 26.1 Å². The van der Waals surface area contributed by atoms with Crippen molar-refractivity contribution < 1.29 is 38.0 Å². The van der Waals surface area contributed by atoms with Crippen LogP contribution in [-0.2, 0) is 38.0 Å². The Morgan fingerprint density at radius 3 is 1.35 bits per heavy atom. The molecule has 0 atom stereocenters. The molecule has 0 unspecified atom stereocenters. The zero-order valence-corrected chi connectivity index (χ0v) is 16.3. The first-order chi connectivity index (χ1) is 12.6. The van der Waals surface area contributed by atoms with Gasteiger partial charge in [-0.05, 0) is 19.8 Å². The van der Waals surface area contributed by atoms with Crippen molar-refractivity contribution in [3.8, 4) is 0 Å². The van der Waals surface area contributed by atoms with Crippen LogP contribution in [0.2, 0.25) is 0 Å². The highest BCUT2D eigenvalue weighted by atomic mass is 16.6. The molecule has 26 heavy (non-hydrogen) atoms. The van der Waals surface area contributed by atoms with Gasteiger partial charge in [-0.3, -0.25) is 9.59 Å². The minimum atomic E-state index is -0.349. The molecule has 0 amide bonds. The van der Waals surface area contributed by atoms with E-state index in [0.717, 1.165) is 0 Å². The van der Waals surface area contributed by atoms with E-state index >= 15 is 0 Å². The molecule has 0 spiro atoms. The largest absolute Gasteiger partial charge is 0.463 e. The number of esters is 2. The topological polar surface area (TPSA) is 89.5 Å². The van der Waals surface area contributed by atoms with Crippen LogP contribution in [0.15, 0.2) is 0 Å². The normalized spacial score (nSPS) is 10.9. The van der Waals surface area contributed by atoms with Gasteiger partial charge in [0.25, 0.3) is 0 Å². The van der Waals surface area contributed by atoms with Gasteiger partial charge in [0.15, 0.2) is 0 Å². The van der Waals surface area contributed by atoms with Crippen LogP contribution < -0.4 is 0 Å². The number of hydrogen-bond donors (Lipinski definition) is 0. The smallest absolute Gasteiger partial charge is 0.306 e. The molecule has 0 aromatic heterocycles. The molecule has 0 heterocycles.